The van der Waals surface area contributed by atoms with E-state index >= 15 is 4.79 Å². The quantitative estimate of drug-likeness (QED) is 0.131. The predicted molar refractivity (Wildman–Crippen MR) is 222 cm³/mol. The van der Waals surface area contributed by atoms with E-state index in [4.69, 9.17) is 18.9 Å². The molecule has 1 aliphatic carbocycles. The van der Waals surface area contributed by atoms with Gasteiger partial charge < -0.3 is 38.8 Å². The van der Waals surface area contributed by atoms with Gasteiger partial charge in [-0.05, 0) is 61.4 Å². The number of rotatable bonds is 10. The monoisotopic (exact) mass is 824 g/mol. The van der Waals surface area contributed by atoms with Gasteiger partial charge in [-0.1, -0.05) is 44.2 Å². The molecule has 1 saturated carbocycles. The van der Waals surface area contributed by atoms with E-state index in [-0.39, 0.29) is 31.2 Å². The van der Waals surface area contributed by atoms with Gasteiger partial charge in [0.1, 0.15) is 16.9 Å². The lowest BCUT2D eigenvalue weighted by atomic mass is 9.47. The summed E-state index contributed by atoms with van der Waals surface area (Å²) in [5.41, 5.74) is -1.75. The number of benzene rings is 2. The largest absolute Gasteiger partial charge is 0.496 e. The van der Waals surface area contributed by atoms with Crippen molar-refractivity contribution in [2.75, 3.05) is 59.5 Å². The zero-order valence-electron chi connectivity index (χ0n) is 35.5. The molecule has 2 fully saturated rings. The molecule has 8 rings (SSSR count). The summed E-state index contributed by atoms with van der Waals surface area (Å²) in [7, 11) is 5.94. The maximum Gasteiger partial charge on any atom is 0.344 e. The number of ketones is 1. The van der Waals surface area contributed by atoms with Crippen LogP contribution < -0.4 is 9.64 Å². The topological polar surface area (TPSA) is 168 Å². The Hall–Kier alpha value is -5.21. The number of hydrogen-bond donors (Lipinski definition) is 2. The molecule has 2 N–H and O–H groups in total. The molecule has 2 aromatic carbocycles. The van der Waals surface area contributed by atoms with Crippen LogP contribution in [-0.2, 0) is 55.4 Å². The zero-order valence-corrected chi connectivity index (χ0v) is 35.5. The van der Waals surface area contributed by atoms with Gasteiger partial charge in [-0.15, -0.1) is 0 Å². The smallest absolute Gasteiger partial charge is 0.344 e. The van der Waals surface area contributed by atoms with Crippen LogP contribution in [0.5, 0.6) is 5.75 Å². The van der Waals surface area contributed by atoms with Crippen molar-refractivity contribution in [3.8, 4) is 5.75 Å². The maximum absolute atomic E-state index is 15.3. The van der Waals surface area contributed by atoms with Crippen molar-refractivity contribution >= 4 is 46.7 Å². The first-order chi connectivity index (χ1) is 28.8. The molecule has 0 radical (unpaired) electrons. The lowest BCUT2D eigenvalue weighted by molar-refractivity contribution is -0.228. The molecular formula is C46H56N4O10. The van der Waals surface area contributed by atoms with Crippen molar-refractivity contribution < 1.29 is 48.0 Å². The fraction of sp³-hybridized carbons (Fsp3) is 0.543. The highest BCUT2D eigenvalue weighted by Crippen LogP contribution is 2.68. The standard InChI is InChI=1S/C46H56N4O10/c1-8-29(53)21-28-24-45(41(54)58-6,37-31(15-19-49(25-28)26-51)30-13-10-11-14-34(30)47-37)33-22-32-35(23-36(33)57-5)48(4)39-44(32)17-20-50-18-12-16-43(9-2,38(44)50)40(60-27(3)52)46(39,56)42(55)59-7/h10-14,16,22-23,26,28,38-40,47,56H,8-9,15,17-21,24-25H2,1-7H3/t28?,38?,39?,40?,43-,44?,45+,46?/m1/s1. The molecule has 8 atom stereocenters. The molecule has 14 heteroatoms. The summed E-state index contributed by atoms with van der Waals surface area (Å²) in [6.07, 6.45) is 5.41. The molecule has 60 heavy (non-hydrogen) atoms. The summed E-state index contributed by atoms with van der Waals surface area (Å²) in [5, 5.41) is 14.2. The number of aromatic nitrogens is 1. The average Bonchev–Trinajstić information content (AvgIpc) is 3.92. The second-order valence-electron chi connectivity index (χ2n) is 17.4. The highest BCUT2D eigenvalue weighted by Gasteiger charge is 2.80. The highest BCUT2D eigenvalue weighted by molar-refractivity contribution is 5.95. The number of ether oxygens (including phenoxy) is 4. The van der Waals surface area contributed by atoms with E-state index in [9.17, 15) is 24.3 Å². The van der Waals surface area contributed by atoms with Gasteiger partial charge in [0.25, 0.3) is 0 Å². The summed E-state index contributed by atoms with van der Waals surface area (Å²) in [5.74, 6) is -2.22. The Morgan fingerprint density at radius 3 is 2.42 bits per heavy atom. The first kappa shape index (κ1) is 41.5. The fourth-order valence-electron chi connectivity index (χ4n) is 12.6. The van der Waals surface area contributed by atoms with E-state index in [0.29, 0.717) is 68.0 Å². The van der Waals surface area contributed by atoms with Gasteiger partial charge in [-0.2, -0.15) is 0 Å². The minimum absolute atomic E-state index is 0.00365. The Morgan fingerprint density at radius 2 is 1.75 bits per heavy atom. The summed E-state index contributed by atoms with van der Waals surface area (Å²) < 4.78 is 23.7. The third kappa shape index (κ3) is 5.55. The van der Waals surface area contributed by atoms with Crippen molar-refractivity contribution in [1.29, 1.82) is 0 Å². The molecular weight excluding hydrogens is 769 g/mol. The Morgan fingerprint density at radius 1 is 1.00 bits per heavy atom. The molecule has 4 aliphatic heterocycles. The Labute approximate surface area is 350 Å². The van der Waals surface area contributed by atoms with Crippen LogP contribution in [-0.4, -0.2) is 128 Å². The molecule has 3 aromatic rings. The number of nitrogens with zero attached hydrogens (tertiary/aromatic N) is 3. The van der Waals surface area contributed by atoms with E-state index in [2.05, 4.69) is 9.88 Å². The van der Waals surface area contributed by atoms with Crippen LogP contribution in [0.2, 0.25) is 0 Å². The molecule has 0 bridgehead atoms. The minimum atomic E-state index is -2.35. The molecule has 6 unspecified atom stereocenters. The van der Waals surface area contributed by atoms with Crippen molar-refractivity contribution in [3.63, 3.8) is 0 Å². The van der Waals surface area contributed by atoms with Crippen LogP contribution in [0.1, 0.15) is 75.3 Å². The summed E-state index contributed by atoms with van der Waals surface area (Å²) in [4.78, 5) is 78.2. The summed E-state index contributed by atoms with van der Waals surface area (Å²) >= 11 is 0. The molecule has 1 spiro atoms. The molecule has 1 amide bonds. The van der Waals surface area contributed by atoms with E-state index in [1.807, 2.05) is 67.4 Å². The number of aromatic amines is 1. The van der Waals surface area contributed by atoms with Gasteiger partial charge in [0.05, 0.1) is 27.4 Å². The summed E-state index contributed by atoms with van der Waals surface area (Å²) in [6.45, 7) is 6.90. The number of nitrogens with one attached hydrogen (secondary N) is 1. The number of carbonyl (C=O) groups excluding carboxylic acids is 5. The van der Waals surface area contributed by atoms with Gasteiger partial charge >= 0.3 is 17.9 Å². The predicted octanol–water partition coefficient (Wildman–Crippen LogP) is 3.97. The number of carbonyl (C=O) groups is 5. The first-order valence-corrected chi connectivity index (χ1v) is 21.0. The highest BCUT2D eigenvalue weighted by atomic mass is 16.6. The van der Waals surface area contributed by atoms with E-state index in [0.717, 1.165) is 28.4 Å². The minimum Gasteiger partial charge on any atom is -0.496 e. The SMILES string of the molecule is CCC(=O)CC1CN(C=O)CCc2c([nH]c3ccccc23)[C@@](C(=O)OC)(c2cc3c(cc2OC)N(C)C2C(O)(C(=O)OC)C(OC(C)=O)[C@]4(CC)C=CCN5CCC32C54)C1. The molecule has 5 aliphatic rings. The van der Waals surface area contributed by atoms with Crippen LogP contribution in [0.15, 0.2) is 48.6 Å². The number of Topliss-reactive ketones (excluding diaryl/α,β-unsaturated/α-hetero) is 1. The first-order valence-electron chi connectivity index (χ1n) is 21.0. The van der Waals surface area contributed by atoms with E-state index in [1.54, 1.807) is 11.8 Å². The normalized spacial score (nSPS) is 31.8. The molecule has 14 nitrogen and oxygen atoms in total. The van der Waals surface area contributed by atoms with Gasteiger partial charge in [-0.25, -0.2) is 4.79 Å². The van der Waals surface area contributed by atoms with E-state index in [1.165, 1.54) is 28.3 Å². The second kappa shape index (κ2) is 15.1. The third-order valence-corrected chi connectivity index (χ3v) is 14.8. The van der Waals surface area contributed by atoms with Crippen molar-refractivity contribution in [1.82, 2.24) is 14.8 Å². The number of H-pyrrole nitrogens is 1. The fourth-order valence-corrected chi connectivity index (χ4v) is 12.6. The lowest BCUT2D eigenvalue weighted by Crippen LogP contribution is -2.81. The maximum atomic E-state index is 15.3. The van der Waals surface area contributed by atoms with Crippen LogP contribution in [0.4, 0.5) is 5.69 Å². The third-order valence-electron chi connectivity index (χ3n) is 14.8. The number of amides is 1. The van der Waals surface area contributed by atoms with E-state index < -0.39 is 57.8 Å². The second-order valence-corrected chi connectivity index (χ2v) is 17.4. The number of fused-ring (bicyclic) bond motifs is 4. The Kier molecular flexibility index (Phi) is 10.4. The average molecular weight is 825 g/mol. The van der Waals surface area contributed by atoms with Crippen molar-refractivity contribution in [2.45, 2.75) is 93.9 Å². The zero-order chi connectivity index (χ0) is 42.9. The van der Waals surface area contributed by atoms with Crippen LogP contribution in [0.3, 0.4) is 0 Å². The van der Waals surface area contributed by atoms with Gasteiger partial charge in [0.2, 0.25) is 12.0 Å². The number of likely N-dealkylation sites (N-methyl/N-ethyl adjacent to an activating group) is 1. The number of esters is 3. The molecule has 1 aromatic heterocycles. The lowest BCUT2D eigenvalue weighted by Gasteiger charge is -2.63. The van der Waals surface area contributed by atoms with Crippen molar-refractivity contribution in [2.24, 2.45) is 11.3 Å². The molecule has 320 valence electrons. The Balaban J connectivity index is 1.48. The summed E-state index contributed by atoms with van der Waals surface area (Å²) in [6, 6.07) is 10.3. The number of hydrogen-bond acceptors (Lipinski definition) is 12. The van der Waals surface area contributed by atoms with Crippen molar-refractivity contribution in [3.05, 3.63) is 70.9 Å². The Bertz CT molecular complexity index is 2290. The number of methoxy groups -OCH3 is 3. The number of anilines is 1. The number of para-hydroxylation sites is 1. The van der Waals surface area contributed by atoms with Crippen LogP contribution >= 0.6 is 0 Å². The van der Waals surface area contributed by atoms with Gasteiger partial charge in [0, 0.05) is 97.2 Å². The van der Waals surface area contributed by atoms with Gasteiger partial charge in [0.15, 0.2) is 6.10 Å². The van der Waals surface area contributed by atoms with Gasteiger partial charge in [-0.3, -0.25) is 24.1 Å². The van der Waals surface area contributed by atoms with Crippen LogP contribution in [0, 0.1) is 11.3 Å². The molecule has 5 heterocycles. The number of aliphatic hydroxyl groups is 1. The molecule has 1 saturated heterocycles. The van der Waals surface area contributed by atoms with Crippen LogP contribution in [0.25, 0.3) is 10.9 Å².